The van der Waals surface area contributed by atoms with E-state index < -0.39 is 23.8 Å². The van der Waals surface area contributed by atoms with Gasteiger partial charge in [-0.25, -0.2) is 4.79 Å². The Morgan fingerprint density at radius 2 is 1.82 bits per heavy atom. The number of nitrogens with zero attached hydrogens (tertiary/aromatic N) is 1. The van der Waals surface area contributed by atoms with Gasteiger partial charge in [0.15, 0.2) is 0 Å². The van der Waals surface area contributed by atoms with E-state index in [2.05, 4.69) is 26.6 Å². The van der Waals surface area contributed by atoms with Gasteiger partial charge < -0.3 is 20.6 Å². The van der Waals surface area contributed by atoms with Crippen LogP contribution in [0.5, 0.6) is 0 Å². The zero-order chi connectivity index (χ0) is 28.5. The highest BCUT2D eigenvalue weighted by Crippen LogP contribution is 2.35. The Balaban J connectivity index is 1.48. The summed E-state index contributed by atoms with van der Waals surface area (Å²) < 4.78 is 0.779. The maximum absolute atomic E-state index is 12.8. The van der Waals surface area contributed by atoms with E-state index >= 15 is 0 Å². The van der Waals surface area contributed by atoms with Gasteiger partial charge in [0, 0.05) is 41.0 Å². The van der Waals surface area contributed by atoms with Gasteiger partial charge in [-0.15, -0.1) is 11.8 Å². The fraction of sp³-hybridized carbons (Fsp3) is 0.333. The van der Waals surface area contributed by atoms with Gasteiger partial charge in [0.2, 0.25) is 17.7 Å². The van der Waals surface area contributed by atoms with Crippen molar-refractivity contribution in [3.8, 4) is 0 Å². The summed E-state index contributed by atoms with van der Waals surface area (Å²) in [5, 5.41) is 15.5. The molecule has 1 heterocycles. The predicted octanol–water partition coefficient (Wildman–Crippen LogP) is 4.66. The van der Waals surface area contributed by atoms with Crippen molar-refractivity contribution >= 4 is 80.7 Å². The Bertz CT molecular complexity index is 1270. The molecule has 39 heavy (non-hydrogen) atoms. The van der Waals surface area contributed by atoms with E-state index in [0.717, 1.165) is 14.9 Å². The van der Waals surface area contributed by atoms with Crippen LogP contribution in [0.25, 0.3) is 6.08 Å². The first kappa shape index (κ1) is 31.0. The Hall–Kier alpha value is -2.53. The molecule has 0 spiro atoms. The molecule has 3 N–H and O–H groups in total. The first-order chi connectivity index (χ1) is 18.6. The molecule has 12 heteroatoms. The fourth-order valence-electron chi connectivity index (χ4n) is 4.04. The molecule has 3 amide bonds. The normalized spacial score (nSPS) is 14.7. The monoisotopic (exact) mass is 655 g/mol. The topological polar surface area (TPSA) is 116 Å². The number of hydrogen-bond acceptors (Lipinski definition) is 5. The molecular weight excluding hydrogens is 629 g/mol. The first-order valence-corrected chi connectivity index (χ1v) is 14.9. The van der Waals surface area contributed by atoms with Crippen molar-refractivity contribution in [2.24, 2.45) is 5.92 Å². The summed E-state index contributed by atoms with van der Waals surface area (Å²) in [5.41, 5.74) is 1.40. The zero-order valence-corrected chi connectivity index (χ0v) is 25.0. The Morgan fingerprint density at radius 1 is 1.13 bits per heavy atom. The minimum atomic E-state index is -1.27. The number of aliphatic carboxylic acids is 1. The van der Waals surface area contributed by atoms with Crippen LogP contribution in [0.3, 0.4) is 0 Å². The van der Waals surface area contributed by atoms with E-state index in [1.165, 1.54) is 17.8 Å². The van der Waals surface area contributed by atoms with Crippen molar-refractivity contribution in [1.29, 1.82) is 0 Å². The summed E-state index contributed by atoms with van der Waals surface area (Å²) in [7, 11) is 0. The van der Waals surface area contributed by atoms with Crippen LogP contribution in [-0.4, -0.2) is 65.6 Å². The van der Waals surface area contributed by atoms with Crippen LogP contribution in [0, 0.1) is 5.92 Å². The smallest absolute Gasteiger partial charge is 0.328 e. The van der Waals surface area contributed by atoms with E-state index in [0.29, 0.717) is 41.5 Å². The average molecular weight is 657 g/mol. The van der Waals surface area contributed by atoms with Gasteiger partial charge in [-0.1, -0.05) is 63.4 Å². The SMILES string of the molecule is CSc1ccc(C=CC(=O)N2CCC(C(=O)N[C@@H](CNC(=O)Cc3ccccc3Br)C(=O)O)CC2)c(Cl)c1Cl. The number of nitrogens with one attached hydrogen (secondary N) is 2. The van der Waals surface area contributed by atoms with Crippen LogP contribution < -0.4 is 10.6 Å². The molecular formula is C27H28BrCl2N3O5S. The third kappa shape index (κ3) is 8.73. The number of carboxylic acids is 1. The largest absolute Gasteiger partial charge is 0.480 e. The Kier molecular flexibility index (Phi) is 11.7. The van der Waals surface area contributed by atoms with Crippen molar-refractivity contribution in [1.82, 2.24) is 15.5 Å². The summed E-state index contributed by atoms with van der Waals surface area (Å²) in [6.07, 6.45) is 5.79. The average Bonchev–Trinajstić information content (AvgIpc) is 2.92. The molecule has 0 aliphatic carbocycles. The van der Waals surface area contributed by atoms with Crippen LogP contribution in [0.1, 0.15) is 24.0 Å². The van der Waals surface area contributed by atoms with E-state index in [9.17, 15) is 24.3 Å². The number of piperidine rings is 1. The molecule has 2 aromatic carbocycles. The van der Waals surface area contributed by atoms with Crippen molar-refractivity contribution < 1.29 is 24.3 Å². The number of carboxylic acid groups (broad SMARTS) is 1. The quantitative estimate of drug-likeness (QED) is 0.253. The highest BCUT2D eigenvalue weighted by atomic mass is 79.9. The summed E-state index contributed by atoms with van der Waals surface area (Å²) >= 11 is 17.4. The van der Waals surface area contributed by atoms with Crippen molar-refractivity contribution in [3.63, 3.8) is 0 Å². The molecule has 1 atom stereocenters. The second-order valence-electron chi connectivity index (χ2n) is 8.89. The number of thioether (sulfide) groups is 1. The number of halogens is 3. The lowest BCUT2D eigenvalue weighted by Gasteiger charge is -2.31. The molecule has 0 radical (unpaired) electrons. The van der Waals surface area contributed by atoms with E-state index in [1.54, 1.807) is 29.2 Å². The lowest BCUT2D eigenvalue weighted by molar-refractivity contribution is -0.142. The van der Waals surface area contributed by atoms with Gasteiger partial charge in [0.1, 0.15) is 6.04 Å². The summed E-state index contributed by atoms with van der Waals surface area (Å²) in [6, 6.07) is 9.61. The molecule has 0 aromatic heterocycles. The molecule has 8 nitrogen and oxygen atoms in total. The second kappa shape index (κ2) is 14.7. The van der Waals surface area contributed by atoms with Crippen molar-refractivity contribution in [3.05, 3.63) is 68.1 Å². The molecule has 2 aromatic rings. The molecule has 0 unspecified atom stereocenters. The Labute approximate surface area is 249 Å². The molecule has 208 valence electrons. The van der Waals surface area contributed by atoms with Crippen molar-refractivity contribution in [2.75, 3.05) is 25.9 Å². The zero-order valence-electron chi connectivity index (χ0n) is 21.1. The molecule has 1 saturated heterocycles. The number of carbonyl (C=O) groups is 4. The molecule has 0 bridgehead atoms. The third-order valence-corrected chi connectivity index (χ3v) is 8.87. The van der Waals surface area contributed by atoms with E-state index in [1.807, 2.05) is 24.5 Å². The highest BCUT2D eigenvalue weighted by molar-refractivity contribution is 9.10. The number of hydrogen-bond donors (Lipinski definition) is 3. The molecule has 3 rings (SSSR count). The van der Waals surface area contributed by atoms with Gasteiger partial charge in [-0.05, 0) is 48.4 Å². The van der Waals surface area contributed by atoms with Gasteiger partial charge >= 0.3 is 5.97 Å². The second-order valence-corrected chi connectivity index (χ2v) is 11.3. The first-order valence-electron chi connectivity index (χ1n) is 12.1. The molecule has 0 saturated carbocycles. The number of rotatable bonds is 10. The van der Waals surface area contributed by atoms with Crippen LogP contribution >= 0.6 is 50.9 Å². The van der Waals surface area contributed by atoms with Crippen LogP contribution in [-0.2, 0) is 25.6 Å². The highest BCUT2D eigenvalue weighted by Gasteiger charge is 2.30. The number of benzene rings is 2. The van der Waals surface area contributed by atoms with Crippen LogP contribution in [0.4, 0.5) is 0 Å². The number of amides is 3. The number of likely N-dealkylation sites (tertiary alicyclic amines) is 1. The molecule has 1 aliphatic rings. The van der Waals surface area contributed by atoms with Crippen molar-refractivity contribution in [2.45, 2.75) is 30.2 Å². The fourth-order valence-corrected chi connectivity index (χ4v) is 5.64. The third-order valence-electron chi connectivity index (χ3n) is 6.31. The lowest BCUT2D eigenvalue weighted by atomic mass is 9.95. The minimum Gasteiger partial charge on any atom is -0.480 e. The lowest BCUT2D eigenvalue weighted by Crippen LogP contribution is -2.51. The van der Waals surface area contributed by atoms with E-state index in [-0.39, 0.29) is 24.8 Å². The van der Waals surface area contributed by atoms with Gasteiger partial charge in [-0.2, -0.15) is 0 Å². The Morgan fingerprint density at radius 3 is 2.46 bits per heavy atom. The summed E-state index contributed by atoms with van der Waals surface area (Å²) in [5.74, 6) is -2.67. The molecule has 1 fully saturated rings. The maximum Gasteiger partial charge on any atom is 0.328 e. The number of carbonyl (C=O) groups excluding carboxylic acids is 3. The van der Waals surface area contributed by atoms with Gasteiger partial charge in [0.05, 0.1) is 16.5 Å². The maximum atomic E-state index is 12.8. The van der Waals surface area contributed by atoms with Crippen LogP contribution in [0.15, 0.2) is 51.8 Å². The van der Waals surface area contributed by atoms with Crippen LogP contribution in [0.2, 0.25) is 10.0 Å². The predicted molar refractivity (Wildman–Crippen MR) is 157 cm³/mol. The van der Waals surface area contributed by atoms with E-state index in [4.69, 9.17) is 23.2 Å². The minimum absolute atomic E-state index is 0.0744. The van der Waals surface area contributed by atoms with Gasteiger partial charge in [-0.3, -0.25) is 14.4 Å². The summed E-state index contributed by atoms with van der Waals surface area (Å²) in [4.78, 5) is 51.9. The standard InChI is InChI=1S/C27H28BrCl2N3O5S/c1-39-21-8-6-16(24(29)25(21)30)7-9-23(35)33-12-10-17(11-13-33)26(36)32-20(27(37)38)15-31-22(34)14-18-4-2-3-5-19(18)28/h2-9,17,20H,10-15H2,1H3,(H,31,34)(H,32,36)(H,37,38)/t20-/m0/s1. The summed E-state index contributed by atoms with van der Waals surface area (Å²) in [6.45, 7) is 0.458. The van der Waals surface area contributed by atoms with Gasteiger partial charge in [0.25, 0.3) is 0 Å². The molecule has 1 aliphatic heterocycles.